The predicted molar refractivity (Wildman–Crippen MR) is 67.4 cm³/mol. The maximum atomic E-state index is 13.5. The van der Waals surface area contributed by atoms with Crippen molar-refractivity contribution in [3.8, 4) is 5.75 Å². The second kappa shape index (κ2) is 6.81. The van der Waals surface area contributed by atoms with Gasteiger partial charge in [-0.15, -0.1) is 0 Å². The third-order valence-corrected chi connectivity index (χ3v) is 3.50. The first kappa shape index (κ1) is 15.8. The summed E-state index contributed by atoms with van der Waals surface area (Å²) < 4.78 is 54.1. The van der Waals surface area contributed by atoms with Crippen LogP contribution < -0.4 is 9.88 Å². The molecule has 0 amide bonds. The summed E-state index contributed by atoms with van der Waals surface area (Å²) in [5.74, 6) is -3.14. The summed E-state index contributed by atoms with van der Waals surface area (Å²) >= 11 is 0. The van der Waals surface area contributed by atoms with Gasteiger partial charge in [-0.05, 0) is 18.6 Å². The smallest absolute Gasteiger partial charge is 0.241 e. The Bertz CT molecular complexity index is 532. The van der Waals surface area contributed by atoms with Gasteiger partial charge in [-0.3, -0.25) is 0 Å². The average Bonchev–Trinajstić information content (AvgIpc) is 2.32. The molecule has 0 spiro atoms. The summed E-state index contributed by atoms with van der Waals surface area (Å²) in [6, 6.07) is 1.97. The minimum absolute atomic E-state index is 0.255. The molecule has 0 aliphatic rings. The van der Waals surface area contributed by atoms with Crippen molar-refractivity contribution in [1.29, 1.82) is 0 Å². The molecule has 0 aliphatic carbocycles. The van der Waals surface area contributed by atoms with E-state index in [0.717, 1.165) is 37.8 Å². The zero-order valence-electron chi connectivity index (χ0n) is 10.7. The Morgan fingerprint density at radius 1 is 1.16 bits per heavy atom. The first-order valence-electron chi connectivity index (χ1n) is 6.01. The van der Waals surface area contributed by atoms with Gasteiger partial charge in [0.1, 0.15) is 4.90 Å². The molecule has 0 radical (unpaired) electrons. The molecule has 1 aromatic rings. The Balaban J connectivity index is 2.75. The molecule has 19 heavy (non-hydrogen) atoms. The highest BCUT2D eigenvalue weighted by Crippen LogP contribution is 2.25. The van der Waals surface area contributed by atoms with Gasteiger partial charge in [0.25, 0.3) is 0 Å². The zero-order valence-corrected chi connectivity index (χ0v) is 11.5. The van der Waals surface area contributed by atoms with Gasteiger partial charge in [0.2, 0.25) is 15.8 Å². The third kappa shape index (κ3) is 4.43. The fourth-order valence-corrected chi connectivity index (χ4v) is 2.15. The number of rotatable bonds is 7. The van der Waals surface area contributed by atoms with Gasteiger partial charge in [0.05, 0.1) is 6.61 Å². The fraction of sp³-hybridized carbons (Fsp3) is 0.500. The second-order valence-corrected chi connectivity index (χ2v) is 5.67. The van der Waals surface area contributed by atoms with E-state index in [1.165, 1.54) is 0 Å². The number of primary sulfonamides is 1. The molecule has 0 aliphatic heterocycles. The molecule has 0 heterocycles. The van der Waals surface area contributed by atoms with Crippen LogP contribution in [0.2, 0.25) is 0 Å². The quantitative estimate of drug-likeness (QED) is 0.785. The van der Waals surface area contributed by atoms with Crippen LogP contribution >= 0.6 is 0 Å². The van der Waals surface area contributed by atoms with Crippen molar-refractivity contribution in [2.24, 2.45) is 5.14 Å². The molecular weight excluding hydrogens is 276 g/mol. The molecule has 1 rings (SSSR count). The highest BCUT2D eigenvalue weighted by Gasteiger charge is 2.21. The van der Waals surface area contributed by atoms with Crippen molar-refractivity contribution >= 4 is 10.0 Å². The molecule has 0 unspecified atom stereocenters. The number of hydrogen-bond acceptors (Lipinski definition) is 3. The molecule has 4 nitrogen and oxygen atoms in total. The summed E-state index contributed by atoms with van der Waals surface area (Å²) in [4.78, 5) is -0.872. The van der Waals surface area contributed by atoms with E-state index in [2.05, 4.69) is 6.92 Å². The van der Waals surface area contributed by atoms with Gasteiger partial charge in [0.15, 0.2) is 11.6 Å². The van der Waals surface area contributed by atoms with Crippen molar-refractivity contribution < 1.29 is 21.9 Å². The lowest BCUT2D eigenvalue weighted by molar-refractivity contribution is 0.284. The van der Waals surface area contributed by atoms with Gasteiger partial charge in [-0.1, -0.05) is 26.2 Å². The summed E-state index contributed by atoms with van der Waals surface area (Å²) in [6.07, 6.45) is 3.78. The van der Waals surface area contributed by atoms with E-state index >= 15 is 0 Å². The number of halogens is 2. The van der Waals surface area contributed by atoms with Crippen LogP contribution in [0.25, 0.3) is 0 Å². The normalized spacial score (nSPS) is 11.6. The number of sulfonamides is 1. The molecule has 0 aromatic heterocycles. The minimum Gasteiger partial charge on any atom is -0.490 e. The molecule has 2 N–H and O–H groups in total. The van der Waals surface area contributed by atoms with Crippen LogP contribution in [0.4, 0.5) is 8.78 Å². The van der Waals surface area contributed by atoms with E-state index in [0.29, 0.717) is 0 Å². The van der Waals surface area contributed by atoms with E-state index in [4.69, 9.17) is 9.88 Å². The van der Waals surface area contributed by atoms with Crippen LogP contribution in [0.5, 0.6) is 5.75 Å². The van der Waals surface area contributed by atoms with Crippen LogP contribution in [0.1, 0.15) is 32.6 Å². The molecule has 0 fully saturated rings. The van der Waals surface area contributed by atoms with Crippen LogP contribution in [0.3, 0.4) is 0 Å². The number of benzene rings is 1. The molecular formula is C12H17F2NO3S. The van der Waals surface area contributed by atoms with Crippen molar-refractivity contribution in [2.45, 2.75) is 37.5 Å². The maximum absolute atomic E-state index is 13.5. The Morgan fingerprint density at radius 3 is 2.42 bits per heavy atom. The van der Waals surface area contributed by atoms with Crippen LogP contribution in [-0.4, -0.2) is 15.0 Å². The Kier molecular flexibility index (Phi) is 5.68. The summed E-state index contributed by atoms with van der Waals surface area (Å²) in [6.45, 7) is 2.31. The standard InChI is InChI=1S/C12H17F2NO3S/c1-2-3-4-5-8-18-9-6-7-10(19(15,16)17)12(14)11(9)13/h6-7H,2-5,8H2,1H3,(H2,15,16,17). The lowest BCUT2D eigenvalue weighted by Crippen LogP contribution is -2.15. The molecule has 0 saturated carbocycles. The van der Waals surface area contributed by atoms with E-state index < -0.39 is 26.6 Å². The number of hydrogen-bond donors (Lipinski definition) is 1. The number of ether oxygens (including phenoxy) is 1. The lowest BCUT2D eigenvalue weighted by atomic mass is 10.2. The minimum atomic E-state index is -4.28. The summed E-state index contributed by atoms with van der Waals surface area (Å²) in [5.41, 5.74) is 0. The average molecular weight is 293 g/mol. The van der Waals surface area contributed by atoms with Gasteiger partial charge in [-0.2, -0.15) is 4.39 Å². The topological polar surface area (TPSA) is 69.4 Å². The van der Waals surface area contributed by atoms with E-state index in [9.17, 15) is 17.2 Å². The molecule has 0 saturated heterocycles. The van der Waals surface area contributed by atoms with Gasteiger partial charge in [0, 0.05) is 0 Å². The molecule has 108 valence electrons. The maximum Gasteiger partial charge on any atom is 0.241 e. The Labute approximate surface area is 111 Å². The van der Waals surface area contributed by atoms with E-state index in [1.54, 1.807) is 0 Å². The molecule has 0 bridgehead atoms. The van der Waals surface area contributed by atoms with E-state index in [1.807, 2.05) is 0 Å². The SMILES string of the molecule is CCCCCCOc1ccc(S(N)(=O)=O)c(F)c1F. The van der Waals surface area contributed by atoms with E-state index in [-0.39, 0.29) is 12.4 Å². The summed E-state index contributed by atoms with van der Waals surface area (Å²) in [5, 5.41) is 4.76. The Morgan fingerprint density at radius 2 is 1.84 bits per heavy atom. The first-order valence-corrected chi connectivity index (χ1v) is 7.56. The van der Waals surface area contributed by atoms with Crippen molar-refractivity contribution in [2.75, 3.05) is 6.61 Å². The largest absolute Gasteiger partial charge is 0.490 e. The molecule has 0 atom stereocenters. The van der Waals surface area contributed by atoms with Gasteiger partial charge < -0.3 is 4.74 Å². The molecule has 7 heteroatoms. The number of unbranched alkanes of at least 4 members (excludes halogenated alkanes) is 3. The Hall–Kier alpha value is -1.21. The summed E-state index contributed by atoms with van der Waals surface area (Å²) in [7, 11) is -4.28. The monoisotopic (exact) mass is 293 g/mol. The van der Waals surface area contributed by atoms with Crippen molar-refractivity contribution in [3.05, 3.63) is 23.8 Å². The zero-order chi connectivity index (χ0) is 14.5. The van der Waals surface area contributed by atoms with Crippen LogP contribution in [-0.2, 0) is 10.0 Å². The highest BCUT2D eigenvalue weighted by atomic mass is 32.2. The van der Waals surface area contributed by atoms with Crippen LogP contribution in [0.15, 0.2) is 17.0 Å². The van der Waals surface area contributed by atoms with Crippen LogP contribution in [0, 0.1) is 11.6 Å². The molecule has 1 aromatic carbocycles. The highest BCUT2D eigenvalue weighted by molar-refractivity contribution is 7.89. The third-order valence-electron chi connectivity index (χ3n) is 2.57. The first-order chi connectivity index (χ1) is 8.88. The number of nitrogens with two attached hydrogens (primary N) is 1. The van der Waals surface area contributed by atoms with Crippen molar-refractivity contribution in [1.82, 2.24) is 0 Å². The predicted octanol–water partition coefficient (Wildman–Crippen LogP) is 2.57. The van der Waals surface area contributed by atoms with Gasteiger partial charge in [-0.25, -0.2) is 17.9 Å². The van der Waals surface area contributed by atoms with Crippen molar-refractivity contribution in [3.63, 3.8) is 0 Å². The van der Waals surface area contributed by atoms with Gasteiger partial charge >= 0.3 is 0 Å². The second-order valence-electron chi connectivity index (χ2n) is 4.14. The fourth-order valence-electron chi connectivity index (χ4n) is 1.56. The lowest BCUT2D eigenvalue weighted by Gasteiger charge is -2.09.